The Labute approximate surface area is 158 Å². The van der Waals surface area contributed by atoms with E-state index in [0.29, 0.717) is 26.1 Å². The van der Waals surface area contributed by atoms with E-state index in [2.05, 4.69) is 5.32 Å². The zero-order valence-electron chi connectivity index (χ0n) is 15.2. The predicted octanol–water partition coefficient (Wildman–Crippen LogP) is 2.25. The smallest absolute Gasteiger partial charge is 0.338 e. The fourth-order valence-electron chi connectivity index (χ4n) is 3.25. The van der Waals surface area contributed by atoms with E-state index in [-0.39, 0.29) is 28.9 Å². The number of likely N-dealkylation sites (tertiary alicyclic amines) is 1. The number of methoxy groups -OCH3 is 1. The third kappa shape index (κ3) is 4.53. The molecule has 0 radical (unpaired) electrons. The number of ether oxygens (including phenoxy) is 1. The lowest BCUT2D eigenvalue weighted by Gasteiger charge is -2.17. The minimum Gasteiger partial charge on any atom is -0.465 e. The lowest BCUT2D eigenvalue weighted by molar-refractivity contribution is -0.128. The van der Waals surface area contributed by atoms with Gasteiger partial charge in [0.1, 0.15) is 0 Å². The molecule has 140 valence electrons. The van der Waals surface area contributed by atoms with Crippen molar-refractivity contribution >= 4 is 17.8 Å². The van der Waals surface area contributed by atoms with Crippen molar-refractivity contribution in [2.24, 2.45) is 5.92 Å². The van der Waals surface area contributed by atoms with Crippen LogP contribution in [0.1, 0.15) is 32.7 Å². The Kier molecular flexibility index (Phi) is 5.86. The van der Waals surface area contributed by atoms with Crippen LogP contribution in [0.4, 0.5) is 0 Å². The number of rotatable bonds is 6. The molecule has 2 aromatic carbocycles. The first-order valence-corrected chi connectivity index (χ1v) is 8.85. The van der Waals surface area contributed by atoms with Gasteiger partial charge < -0.3 is 15.0 Å². The third-order valence-electron chi connectivity index (χ3n) is 4.64. The van der Waals surface area contributed by atoms with Gasteiger partial charge in [0, 0.05) is 32.0 Å². The number of nitrogens with zero attached hydrogens (tertiary/aromatic N) is 1. The first-order chi connectivity index (χ1) is 13.1. The van der Waals surface area contributed by atoms with Gasteiger partial charge in [0.15, 0.2) is 0 Å². The van der Waals surface area contributed by atoms with Crippen LogP contribution in [-0.2, 0) is 16.1 Å². The molecule has 27 heavy (non-hydrogen) atoms. The van der Waals surface area contributed by atoms with Crippen molar-refractivity contribution in [3.63, 3.8) is 0 Å². The summed E-state index contributed by atoms with van der Waals surface area (Å²) < 4.78 is 4.72. The van der Waals surface area contributed by atoms with E-state index in [0.717, 1.165) is 5.56 Å². The highest BCUT2D eigenvalue weighted by atomic mass is 16.5. The average Bonchev–Trinajstić information content (AvgIpc) is 3.05. The summed E-state index contributed by atoms with van der Waals surface area (Å²) in [5, 5.41) is 2.84. The summed E-state index contributed by atoms with van der Waals surface area (Å²) in [5.74, 6) is -0.751. The van der Waals surface area contributed by atoms with Crippen LogP contribution in [0.3, 0.4) is 0 Å². The summed E-state index contributed by atoms with van der Waals surface area (Å²) in [6, 6.07) is 16.4. The van der Waals surface area contributed by atoms with Gasteiger partial charge in [0.25, 0.3) is 5.91 Å². The zero-order chi connectivity index (χ0) is 19.2. The van der Waals surface area contributed by atoms with Crippen LogP contribution in [0.2, 0.25) is 0 Å². The Balaban J connectivity index is 1.57. The number of carbonyl (C=O) groups excluding carboxylic acids is 3. The molecule has 3 rings (SSSR count). The van der Waals surface area contributed by atoms with Crippen molar-refractivity contribution < 1.29 is 19.1 Å². The lowest BCUT2D eigenvalue weighted by atomic mass is 10.1. The number of hydrogen-bond donors (Lipinski definition) is 1. The van der Waals surface area contributed by atoms with Crippen molar-refractivity contribution in [1.29, 1.82) is 0 Å². The van der Waals surface area contributed by atoms with Gasteiger partial charge in [-0.2, -0.15) is 0 Å². The minimum atomic E-state index is -0.550. The molecule has 6 nitrogen and oxygen atoms in total. The average molecular weight is 366 g/mol. The lowest BCUT2D eigenvalue weighted by Crippen LogP contribution is -2.32. The van der Waals surface area contributed by atoms with Crippen molar-refractivity contribution in [1.82, 2.24) is 10.2 Å². The van der Waals surface area contributed by atoms with E-state index in [1.807, 2.05) is 35.2 Å². The Morgan fingerprint density at radius 3 is 2.44 bits per heavy atom. The van der Waals surface area contributed by atoms with Crippen molar-refractivity contribution in [3.8, 4) is 0 Å². The minimum absolute atomic E-state index is 0.0513. The highest BCUT2D eigenvalue weighted by Gasteiger charge is 2.30. The van der Waals surface area contributed by atoms with Gasteiger partial charge in [-0.25, -0.2) is 4.79 Å². The molecule has 1 heterocycles. The fourth-order valence-corrected chi connectivity index (χ4v) is 3.25. The summed E-state index contributed by atoms with van der Waals surface area (Å²) in [5.41, 5.74) is 1.59. The highest BCUT2D eigenvalue weighted by molar-refractivity contribution is 6.05. The maximum absolute atomic E-state index is 12.5. The number of amides is 2. The van der Waals surface area contributed by atoms with Gasteiger partial charge in [0.05, 0.1) is 18.2 Å². The molecule has 0 spiro atoms. The van der Waals surface area contributed by atoms with Gasteiger partial charge in [0.2, 0.25) is 5.91 Å². The Morgan fingerprint density at radius 1 is 1.07 bits per heavy atom. The Morgan fingerprint density at radius 2 is 1.74 bits per heavy atom. The second-order valence-electron chi connectivity index (χ2n) is 6.58. The summed E-state index contributed by atoms with van der Waals surface area (Å²) in [6.07, 6.45) is 0.408. The van der Waals surface area contributed by atoms with Gasteiger partial charge in [-0.1, -0.05) is 42.5 Å². The summed E-state index contributed by atoms with van der Waals surface area (Å²) >= 11 is 0. The topological polar surface area (TPSA) is 75.7 Å². The predicted molar refractivity (Wildman–Crippen MR) is 100 cm³/mol. The molecule has 1 aliphatic rings. The third-order valence-corrected chi connectivity index (χ3v) is 4.64. The molecule has 0 saturated carbocycles. The fraction of sp³-hybridized carbons (Fsp3) is 0.286. The van der Waals surface area contributed by atoms with E-state index in [1.165, 1.54) is 7.11 Å². The maximum Gasteiger partial charge on any atom is 0.338 e. The van der Waals surface area contributed by atoms with Crippen LogP contribution in [-0.4, -0.2) is 42.9 Å². The van der Waals surface area contributed by atoms with Crippen LogP contribution >= 0.6 is 0 Å². The SMILES string of the molecule is COC(=O)c1ccccc1C(=O)NCC1CC(=O)N(Cc2ccccc2)C1. The number of nitrogens with one attached hydrogen (secondary N) is 1. The van der Waals surface area contributed by atoms with Crippen molar-refractivity contribution in [2.75, 3.05) is 20.2 Å². The van der Waals surface area contributed by atoms with E-state index >= 15 is 0 Å². The monoisotopic (exact) mass is 366 g/mol. The molecule has 1 unspecified atom stereocenters. The molecule has 0 aromatic heterocycles. The number of benzene rings is 2. The summed E-state index contributed by atoms with van der Waals surface area (Å²) in [7, 11) is 1.28. The normalized spacial score (nSPS) is 16.3. The largest absolute Gasteiger partial charge is 0.465 e. The molecule has 0 bridgehead atoms. The number of hydrogen-bond acceptors (Lipinski definition) is 4. The molecule has 1 atom stereocenters. The molecule has 0 aliphatic carbocycles. The Bertz CT molecular complexity index is 835. The van der Waals surface area contributed by atoms with Crippen molar-refractivity contribution in [3.05, 3.63) is 71.3 Å². The summed E-state index contributed by atoms with van der Waals surface area (Å²) in [4.78, 5) is 38.3. The molecule has 6 heteroatoms. The van der Waals surface area contributed by atoms with Crippen LogP contribution in [0, 0.1) is 5.92 Å². The van der Waals surface area contributed by atoms with Crippen molar-refractivity contribution in [2.45, 2.75) is 13.0 Å². The molecule has 2 aromatic rings. The van der Waals surface area contributed by atoms with E-state index < -0.39 is 5.97 Å². The maximum atomic E-state index is 12.5. The number of esters is 1. The van der Waals surface area contributed by atoms with E-state index in [1.54, 1.807) is 24.3 Å². The number of carbonyl (C=O) groups is 3. The van der Waals surface area contributed by atoms with Crippen LogP contribution in [0.15, 0.2) is 54.6 Å². The Hall–Kier alpha value is -3.15. The molecule has 2 amide bonds. The molecule has 1 aliphatic heterocycles. The van der Waals surface area contributed by atoms with Crippen LogP contribution in [0.25, 0.3) is 0 Å². The molecule has 1 fully saturated rings. The first kappa shape index (κ1) is 18.6. The van der Waals surface area contributed by atoms with Gasteiger partial charge in [-0.15, -0.1) is 0 Å². The van der Waals surface area contributed by atoms with E-state index in [9.17, 15) is 14.4 Å². The first-order valence-electron chi connectivity index (χ1n) is 8.85. The van der Waals surface area contributed by atoms with Crippen LogP contribution < -0.4 is 5.32 Å². The zero-order valence-corrected chi connectivity index (χ0v) is 15.2. The second kappa shape index (κ2) is 8.49. The molecule has 1 N–H and O–H groups in total. The molecule has 1 saturated heterocycles. The second-order valence-corrected chi connectivity index (χ2v) is 6.58. The highest BCUT2D eigenvalue weighted by Crippen LogP contribution is 2.20. The van der Waals surface area contributed by atoms with E-state index in [4.69, 9.17) is 4.74 Å². The van der Waals surface area contributed by atoms with Gasteiger partial charge in [-0.05, 0) is 17.7 Å². The molecular weight excluding hydrogens is 344 g/mol. The van der Waals surface area contributed by atoms with Gasteiger partial charge in [-0.3, -0.25) is 9.59 Å². The van der Waals surface area contributed by atoms with Gasteiger partial charge >= 0.3 is 5.97 Å². The van der Waals surface area contributed by atoms with Crippen LogP contribution in [0.5, 0.6) is 0 Å². The standard InChI is InChI=1S/C21H22N2O4/c1-27-21(26)18-10-6-5-9-17(18)20(25)22-12-16-11-19(24)23(14-16)13-15-7-3-2-4-8-15/h2-10,16H,11-14H2,1H3,(H,22,25). The molecular formula is C21H22N2O4. The summed E-state index contributed by atoms with van der Waals surface area (Å²) in [6.45, 7) is 1.56. The quantitative estimate of drug-likeness (QED) is 0.796.